The number of hydrogen-bond donors (Lipinski definition) is 3. The number of benzene rings is 2. The third-order valence-corrected chi connectivity index (χ3v) is 4.56. The molecule has 0 spiro atoms. The van der Waals surface area contributed by atoms with Crippen LogP contribution in [0.15, 0.2) is 48.7 Å². The fourth-order valence-electron chi connectivity index (χ4n) is 2.92. The molecular weight excluding hydrogens is 398 g/mol. The second kappa shape index (κ2) is 9.57. The van der Waals surface area contributed by atoms with Gasteiger partial charge in [-0.3, -0.25) is 9.59 Å². The topological polar surface area (TPSA) is 128 Å². The zero-order chi connectivity index (χ0) is 22.4. The van der Waals surface area contributed by atoms with Crippen LogP contribution in [0.1, 0.15) is 26.4 Å². The lowest BCUT2D eigenvalue weighted by Crippen LogP contribution is -2.23. The minimum absolute atomic E-state index is 0.0308. The van der Waals surface area contributed by atoms with E-state index in [0.717, 1.165) is 5.56 Å². The van der Waals surface area contributed by atoms with Crippen LogP contribution in [-0.4, -0.2) is 43.0 Å². The average molecular weight is 421 g/mol. The zero-order valence-electron chi connectivity index (χ0n) is 17.4. The molecule has 0 unspecified atom stereocenters. The van der Waals surface area contributed by atoms with E-state index in [4.69, 9.17) is 15.2 Å². The summed E-state index contributed by atoms with van der Waals surface area (Å²) >= 11 is 0. The number of hydrogen-bond acceptors (Lipinski definition) is 7. The van der Waals surface area contributed by atoms with Gasteiger partial charge in [-0.2, -0.15) is 0 Å². The van der Waals surface area contributed by atoms with E-state index in [9.17, 15) is 9.59 Å². The fraction of sp³-hybridized carbons (Fsp3) is 0.182. The van der Waals surface area contributed by atoms with Crippen molar-refractivity contribution < 1.29 is 19.1 Å². The predicted molar refractivity (Wildman–Crippen MR) is 116 cm³/mol. The first-order chi connectivity index (χ1) is 15.0. The maximum Gasteiger partial charge on any atom is 0.273 e. The third kappa shape index (κ3) is 4.89. The van der Waals surface area contributed by atoms with Gasteiger partial charge in [0.1, 0.15) is 0 Å². The van der Waals surface area contributed by atoms with Crippen LogP contribution in [0.2, 0.25) is 0 Å². The smallest absolute Gasteiger partial charge is 0.273 e. The van der Waals surface area contributed by atoms with Gasteiger partial charge in [-0.15, -0.1) is 0 Å². The summed E-state index contributed by atoms with van der Waals surface area (Å²) in [7, 11) is 4.61. The van der Waals surface area contributed by atoms with Gasteiger partial charge >= 0.3 is 0 Å². The maximum atomic E-state index is 12.7. The Labute approximate surface area is 179 Å². The minimum Gasteiger partial charge on any atom is -0.493 e. The Kier molecular flexibility index (Phi) is 6.66. The SMILES string of the molecule is CNC(=O)c1nc(-c2cccc(C(=O)NCc3ccc(OC)c(OC)c3)c2)cnc1N. The number of amides is 2. The Morgan fingerprint density at radius 3 is 2.52 bits per heavy atom. The fourth-order valence-corrected chi connectivity index (χ4v) is 2.92. The van der Waals surface area contributed by atoms with Crippen LogP contribution < -0.4 is 25.8 Å². The molecular formula is C22H23N5O4. The van der Waals surface area contributed by atoms with Crippen molar-refractivity contribution in [2.75, 3.05) is 27.0 Å². The maximum absolute atomic E-state index is 12.7. The summed E-state index contributed by atoms with van der Waals surface area (Å²) in [5, 5.41) is 5.35. The molecule has 2 amide bonds. The van der Waals surface area contributed by atoms with E-state index in [-0.39, 0.29) is 17.4 Å². The van der Waals surface area contributed by atoms with Crippen molar-refractivity contribution in [1.82, 2.24) is 20.6 Å². The molecule has 2 aromatic carbocycles. The number of nitrogens with two attached hydrogens (primary N) is 1. The molecule has 160 valence electrons. The molecule has 0 aliphatic rings. The molecule has 0 atom stereocenters. The van der Waals surface area contributed by atoms with Crippen LogP contribution >= 0.6 is 0 Å². The van der Waals surface area contributed by atoms with Gasteiger partial charge in [0, 0.05) is 24.7 Å². The minimum atomic E-state index is -0.435. The molecule has 0 aliphatic carbocycles. The Morgan fingerprint density at radius 1 is 1.03 bits per heavy atom. The molecule has 9 heteroatoms. The molecule has 0 bridgehead atoms. The third-order valence-electron chi connectivity index (χ3n) is 4.56. The zero-order valence-corrected chi connectivity index (χ0v) is 17.4. The van der Waals surface area contributed by atoms with Gasteiger partial charge in [0.15, 0.2) is 23.0 Å². The molecule has 1 aromatic heterocycles. The average Bonchev–Trinajstić information content (AvgIpc) is 2.82. The summed E-state index contributed by atoms with van der Waals surface area (Å²) in [6.07, 6.45) is 1.46. The molecule has 3 rings (SSSR count). The second-order valence-corrected chi connectivity index (χ2v) is 6.52. The molecule has 1 heterocycles. The van der Waals surface area contributed by atoms with Gasteiger partial charge < -0.3 is 25.8 Å². The second-order valence-electron chi connectivity index (χ2n) is 6.52. The van der Waals surface area contributed by atoms with E-state index in [1.54, 1.807) is 50.6 Å². The summed E-state index contributed by atoms with van der Waals surface area (Å²) in [6.45, 7) is 0.311. The highest BCUT2D eigenvalue weighted by molar-refractivity contribution is 5.97. The van der Waals surface area contributed by atoms with Crippen LogP contribution in [0.5, 0.6) is 11.5 Å². The van der Waals surface area contributed by atoms with Crippen LogP contribution in [-0.2, 0) is 6.54 Å². The van der Waals surface area contributed by atoms with Crippen molar-refractivity contribution in [3.8, 4) is 22.8 Å². The van der Waals surface area contributed by atoms with E-state index in [1.807, 2.05) is 6.07 Å². The monoisotopic (exact) mass is 421 g/mol. The lowest BCUT2D eigenvalue weighted by Gasteiger charge is -2.11. The molecule has 0 fully saturated rings. The molecule has 0 saturated heterocycles. The van der Waals surface area contributed by atoms with Gasteiger partial charge in [0.05, 0.1) is 26.1 Å². The number of nitrogen functional groups attached to an aromatic ring is 1. The molecule has 0 aliphatic heterocycles. The van der Waals surface area contributed by atoms with Crippen LogP contribution in [0.25, 0.3) is 11.3 Å². The van der Waals surface area contributed by atoms with E-state index in [0.29, 0.717) is 34.9 Å². The summed E-state index contributed by atoms with van der Waals surface area (Å²) < 4.78 is 10.5. The number of nitrogens with zero attached hydrogens (tertiary/aromatic N) is 2. The van der Waals surface area contributed by atoms with E-state index in [2.05, 4.69) is 20.6 Å². The van der Waals surface area contributed by atoms with Crippen molar-refractivity contribution in [2.24, 2.45) is 0 Å². The van der Waals surface area contributed by atoms with Crippen molar-refractivity contribution in [3.63, 3.8) is 0 Å². The first-order valence-electron chi connectivity index (χ1n) is 9.41. The Hall–Kier alpha value is -4.14. The Bertz CT molecular complexity index is 1120. The summed E-state index contributed by atoms with van der Waals surface area (Å²) in [4.78, 5) is 32.9. The van der Waals surface area contributed by atoms with E-state index in [1.165, 1.54) is 13.2 Å². The van der Waals surface area contributed by atoms with Crippen molar-refractivity contribution >= 4 is 17.6 Å². The van der Waals surface area contributed by atoms with Crippen LogP contribution in [0.3, 0.4) is 0 Å². The number of methoxy groups -OCH3 is 2. The summed E-state index contributed by atoms with van der Waals surface area (Å²) in [5.41, 5.74) is 8.15. The van der Waals surface area contributed by atoms with Gasteiger partial charge in [-0.1, -0.05) is 18.2 Å². The van der Waals surface area contributed by atoms with Gasteiger partial charge in [-0.05, 0) is 29.8 Å². The number of nitrogens with one attached hydrogen (secondary N) is 2. The Balaban J connectivity index is 1.77. The van der Waals surface area contributed by atoms with E-state index >= 15 is 0 Å². The number of carbonyl (C=O) groups is 2. The lowest BCUT2D eigenvalue weighted by molar-refractivity contribution is 0.0945. The first-order valence-corrected chi connectivity index (χ1v) is 9.41. The summed E-state index contributed by atoms with van der Waals surface area (Å²) in [6, 6.07) is 12.3. The Morgan fingerprint density at radius 2 is 1.81 bits per heavy atom. The molecule has 9 nitrogen and oxygen atoms in total. The number of rotatable bonds is 7. The van der Waals surface area contributed by atoms with E-state index < -0.39 is 5.91 Å². The number of aromatic nitrogens is 2. The molecule has 3 aromatic rings. The number of ether oxygens (including phenoxy) is 2. The van der Waals surface area contributed by atoms with Crippen molar-refractivity contribution in [2.45, 2.75) is 6.54 Å². The molecule has 31 heavy (non-hydrogen) atoms. The number of anilines is 1. The predicted octanol–water partition coefficient (Wildman–Crippen LogP) is 2.03. The molecule has 4 N–H and O–H groups in total. The van der Waals surface area contributed by atoms with Crippen LogP contribution in [0.4, 0.5) is 5.82 Å². The quantitative estimate of drug-likeness (QED) is 0.532. The van der Waals surface area contributed by atoms with Gasteiger partial charge in [0.25, 0.3) is 11.8 Å². The van der Waals surface area contributed by atoms with Crippen molar-refractivity contribution in [3.05, 3.63) is 65.5 Å². The van der Waals surface area contributed by atoms with Crippen molar-refractivity contribution in [1.29, 1.82) is 0 Å². The number of carbonyl (C=O) groups excluding carboxylic acids is 2. The highest BCUT2D eigenvalue weighted by Crippen LogP contribution is 2.27. The molecule has 0 saturated carbocycles. The van der Waals surface area contributed by atoms with Gasteiger partial charge in [0.2, 0.25) is 0 Å². The largest absolute Gasteiger partial charge is 0.493 e. The standard InChI is InChI=1S/C22H23N5O4/c1-24-22(29)19-20(23)25-12-16(27-19)14-5-4-6-15(10-14)21(28)26-11-13-7-8-17(30-2)18(9-13)31-3/h4-10,12H,11H2,1-3H3,(H2,23,25)(H,24,29)(H,26,28). The van der Waals surface area contributed by atoms with Crippen LogP contribution in [0, 0.1) is 0 Å². The normalized spacial score (nSPS) is 10.3. The highest BCUT2D eigenvalue weighted by atomic mass is 16.5. The first kappa shape index (κ1) is 21.6. The van der Waals surface area contributed by atoms with Gasteiger partial charge in [-0.25, -0.2) is 9.97 Å². The highest BCUT2D eigenvalue weighted by Gasteiger charge is 2.14. The summed E-state index contributed by atoms with van der Waals surface area (Å²) in [5.74, 6) is 0.547. The lowest BCUT2D eigenvalue weighted by atomic mass is 10.1. The molecule has 0 radical (unpaired) electrons.